The second kappa shape index (κ2) is 5.12. The van der Waals surface area contributed by atoms with Gasteiger partial charge in [0.1, 0.15) is 11.6 Å². The Hall–Kier alpha value is -1.10. The van der Waals surface area contributed by atoms with Crippen LogP contribution in [-0.2, 0) is 14.3 Å². The average Bonchev–Trinajstić information content (AvgIpc) is 3.23. The molecular weight excluding hydrogens is 244 g/mol. The third kappa shape index (κ3) is 2.36. The number of nitrogens with one attached hydrogen (secondary N) is 1. The molecule has 0 bridgehead atoms. The largest absolute Gasteiger partial charge is 0.380 e. The van der Waals surface area contributed by atoms with Crippen molar-refractivity contribution in [1.82, 2.24) is 10.2 Å². The second-order valence-corrected chi connectivity index (χ2v) is 5.85. The van der Waals surface area contributed by atoms with Gasteiger partial charge in [0.05, 0.1) is 6.10 Å². The molecule has 1 saturated carbocycles. The number of carbonyl (C=O) groups excluding carboxylic acids is 2. The number of rotatable bonds is 5. The number of hydrogen-bond donors (Lipinski definition) is 1. The molecule has 108 valence electrons. The highest BCUT2D eigenvalue weighted by Crippen LogP contribution is 2.45. The molecule has 3 unspecified atom stereocenters. The first-order valence-corrected chi connectivity index (χ1v) is 7.10. The van der Waals surface area contributed by atoms with E-state index in [2.05, 4.69) is 5.32 Å². The molecule has 19 heavy (non-hydrogen) atoms. The molecule has 2 rings (SSSR count). The zero-order chi connectivity index (χ0) is 14.2. The third-order valence-corrected chi connectivity index (χ3v) is 4.51. The van der Waals surface area contributed by atoms with Crippen LogP contribution in [0.25, 0.3) is 0 Å². The van der Waals surface area contributed by atoms with Crippen LogP contribution >= 0.6 is 0 Å². The van der Waals surface area contributed by atoms with Gasteiger partial charge in [-0.25, -0.2) is 0 Å². The van der Waals surface area contributed by atoms with Crippen LogP contribution in [0.5, 0.6) is 0 Å². The van der Waals surface area contributed by atoms with E-state index in [-0.39, 0.29) is 24.0 Å². The molecule has 0 aromatic rings. The Morgan fingerprint density at radius 3 is 2.58 bits per heavy atom. The Morgan fingerprint density at radius 2 is 2.11 bits per heavy atom. The molecule has 0 aromatic heterocycles. The number of piperazine rings is 1. The minimum absolute atomic E-state index is 0.00949. The van der Waals surface area contributed by atoms with Crippen molar-refractivity contribution < 1.29 is 14.3 Å². The predicted molar refractivity (Wildman–Crippen MR) is 71.5 cm³/mol. The number of carbonyl (C=O) groups is 2. The predicted octanol–water partition coefficient (Wildman–Crippen LogP) is 0.927. The minimum atomic E-state index is -0.699. The van der Waals surface area contributed by atoms with Crippen LogP contribution in [0.1, 0.15) is 40.0 Å². The van der Waals surface area contributed by atoms with Crippen LogP contribution in [0.4, 0.5) is 0 Å². The fourth-order valence-corrected chi connectivity index (χ4v) is 2.84. The molecule has 5 nitrogen and oxygen atoms in total. The van der Waals surface area contributed by atoms with Crippen molar-refractivity contribution in [1.29, 1.82) is 0 Å². The monoisotopic (exact) mass is 268 g/mol. The molecule has 1 aliphatic carbocycles. The van der Waals surface area contributed by atoms with E-state index in [1.807, 2.05) is 20.8 Å². The zero-order valence-electron chi connectivity index (χ0n) is 12.2. The SMILES string of the molecule is CCC1NC(=O)C(C)(C2CC2)N(CC(C)OC)C1=O. The van der Waals surface area contributed by atoms with Gasteiger partial charge < -0.3 is 15.0 Å². The van der Waals surface area contributed by atoms with Crippen LogP contribution in [0, 0.1) is 5.92 Å². The van der Waals surface area contributed by atoms with Gasteiger partial charge in [0.2, 0.25) is 11.8 Å². The van der Waals surface area contributed by atoms with E-state index in [0.29, 0.717) is 18.9 Å². The lowest BCUT2D eigenvalue weighted by Gasteiger charge is -2.47. The van der Waals surface area contributed by atoms with E-state index in [1.165, 1.54) is 0 Å². The Labute approximate surface area is 114 Å². The first-order valence-electron chi connectivity index (χ1n) is 7.10. The number of amides is 2. The van der Waals surface area contributed by atoms with Crippen LogP contribution in [0.3, 0.4) is 0 Å². The number of ether oxygens (including phenoxy) is 1. The maximum absolute atomic E-state index is 12.6. The smallest absolute Gasteiger partial charge is 0.246 e. The summed E-state index contributed by atoms with van der Waals surface area (Å²) in [5, 5.41) is 2.88. The Morgan fingerprint density at radius 1 is 1.47 bits per heavy atom. The molecular formula is C14H24N2O3. The van der Waals surface area contributed by atoms with Crippen molar-refractivity contribution in [3.05, 3.63) is 0 Å². The molecule has 1 saturated heterocycles. The van der Waals surface area contributed by atoms with Gasteiger partial charge in [-0.2, -0.15) is 0 Å². The molecule has 0 radical (unpaired) electrons. The quantitative estimate of drug-likeness (QED) is 0.807. The summed E-state index contributed by atoms with van der Waals surface area (Å²) in [6.07, 6.45) is 2.60. The van der Waals surface area contributed by atoms with E-state index in [1.54, 1.807) is 12.0 Å². The highest BCUT2D eigenvalue weighted by molar-refractivity contribution is 6.00. The summed E-state index contributed by atoms with van der Waals surface area (Å²) in [6, 6.07) is -0.386. The van der Waals surface area contributed by atoms with Crippen molar-refractivity contribution in [2.75, 3.05) is 13.7 Å². The topological polar surface area (TPSA) is 58.6 Å². The van der Waals surface area contributed by atoms with Gasteiger partial charge in [-0.05, 0) is 39.0 Å². The van der Waals surface area contributed by atoms with Gasteiger partial charge in [-0.15, -0.1) is 0 Å². The fraction of sp³-hybridized carbons (Fsp3) is 0.857. The zero-order valence-corrected chi connectivity index (χ0v) is 12.2. The molecule has 3 atom stereocenters. The molecule has 1 N–H and O–H groups in total. The van der Waals surface area contributed by atoms with Gasteiger partial charge in [-0.3, -0.25) is 9.59 Å². The lowest BCUT2D eigenvalue weighted by Crippen LogP contribution is -2.71. The number of hydrogen-bond acceptors (Lipinski definition) is 3. The average molecular weight is 268 g/mol. The standard InChI is InChI=1S/C14H24N2O3/c1-5-11-12(17)16(8-9(2)19-4)14(3,10-6-7-10)13(18)15-11/h9-11H,5-8H2,1-4H3,(H,15,18). The first-order chi connectivity index (χ1) is 8.94. The summed E-state index contributed by atoms with van der Waals surface area (Å²) in [5.74, 6) is 0.309. The number of nitrogens with zero attached hydrogens (tertiary/aromatic N) is 1. The summed E-state index contributed by atoms with van der Waals surface area (Å²) >= 11 is 0. The Balaban J connectivity index is 2.28. The molecule has 1 aliphatic heterocycles. The minimum Gasteiger partial charge on any atom is -0.380 e. The fourth-order valence-electron chi connectivity index (χ4n) is 2.84. The van der Waals surface area contributed by atoms with Crippen molar-refractivity contribution >= 4 is 11.8 Å². The van der Waals surface area contributed by atoms with E-state index in [9.17, 15) is 9.59 Å². The Kier molecular flexibility index (Phi) is 3.85. The summed E-state index contributed by atoms with van der Waals surface area (Å²) < 4.78 is 5.27. The lowest BCUT2D eigenvalue weighted by atomic mass is 9.87. The highest BCUT2D eigenvalue weighted by atomic mass is 16.5. The molecule has 2 aliphatic rings. The molecule has 0 aromatic carbocycles. The van der Waals surface area contributed by atoms with E-state index in [0.717, 1.165) is 12.8 Å². The summed E-state index contributed by atoms with van der Waals surface area (Å²) in [7, 11) is 1.63. The van der Waals surface area contributed by atoms with Crippen LogP contribution < -0.4 is 5.32 Å². The summed E-state index contributed by atoms with van der Waals surface area (Å²) in [6.45, 7) is 6.22. The normalized spacial score (nSPS) is 33.3. The molecule has 0 spiro atoms. The van der Waals surface area contributed by atoms with Crippen LogP contribution in [0.15, 0.2) is 0 Å². The van der Waals surface area contributed by atoms with Crippen molar-refractivity contribution in [2.45, 2.75) is 57.7 Å². The molecule has 1 heterocycles. The third-order valence-electron chi connectivity index (χ3n) is 4.51. The first kappa shape index (κ1) is 14.3. The van der Waals surface area contributed by atoms with Gasteiger partial charge in [0.15, 0.2) is 0 Å². The van der Waals surface area contributed by atoms with Gasteiger partial charge in [0, 0.05) is 13.7 Å². The summed E-state index contributed by atoms with van der Waals surface area (Å²) in [5.41, 5.74) is -0.699. The van der Waals surface area contributed by atoms with E-state index in [4.69, 9.17) is 4.74 Å². The maximum atomic E-state index is 12.6. The maximum Gasteiger partial charge on any atom is 0.246 e. The molecule has 2 fully saturated rings. The van der Waals surface area contributed by atoms with E-state index >= 15 is 0 Å². The van der Waals surface area contributed by atoms with Gasteiger partial charge >= 0.3 is 0 Å². The van der Waals surface area contributed by atoms with Crippen molar-refractivity contribution in [3.63, 3.8) is 0 Å². The van der Waals surface area contributed by atoms with E-state index < -0.39 is 5.54 Å². The van der Waals surface area contributed by atoms with Crippen LogP contribution in [-0.4, -0.2) is 48.1 Å². The van der Waals surface area contributed by atoms with Crippen molar-refractivity contribution in [3.8, 4) is 0 Å². The lowest BCUT2D eigenvalue weighted by molar-refractivity contribution is -0.160. The van der Waals surface area contributed by atoms with Crippen LogP contribution in [0.2, 0.25) is 0 Å². The number of methoxy groups -OCH3 is 1. The van der Waals surface area contributed by atoms with Gasteiger partial charge in [0.25, 0.3) is 0 Å². The molecule has 2 amide bonds. The highest BCUT2D eigenvalue weighted by Gasteiger charge is 2.56. The van der Waals surface area contributed by atoms with Gasteiger partial charge in [-0.1, -0.05) is 6.92 Å². The Bertz CT molecular complexity index is 381. The molecule has 5 heteroatoms. The summed E-state index contributed by atoms with van der Waals surface area (Å²) in [4.78, 5) is 26.8. The second-order valence-electron chi connectivity index (χ2n) is 5.85. The van der Waals surface area contributed by atoms with Crippen molar-refractivity contribution in [2.24, 2.45) is 5.92 Å².